The van der Waals surface area contributed by atoms with Crippen molar-refractivity contribution in [1.29, 1.82) is 0 Å². The van der Waals surface area contributed by atoms with Crippen LogP contribution in [-0.4, -0.2) is 29.9 Å². The standard InChI is InChI=1S/C25H30N4O2/c1-3-26-25(28-18(2)23-15-19-9-6-7-12-22(19)31-23)27-14-8-13-24(30)29-16-20-10-4-5-11-21(20)17-29/h4-7,9-12,15,18H,3,8,13-14,16-17H2,1-2H3,(H2,26,27,28). The van der Waals surface area contributed by atoms with E-state index in [9.17, 15) is 4.79 Å². The van der Waals surface area contributed by atoms with Gasteiger partial charge in [0.2, 0.25) is 5.91 Å². The van der Waals surface area contributed by atoms with Gasteiger partial charge in [-0.15, -0.1) is 0 Å². The Balaban J connectivity index is 1.28. The van der Waals surface area contributed by atoms with Crippen molar-refractivity contribution in [2.45, 2.75) is 45.8 Å². The van der Waals surface area contributed by atoms with E-state index in [2.05, 4.69) is 40.7 Å². The van der Waals surface area contributed by atoms with Gasteiger partial charge in [0, 0.05) is 38.0 Å². The molecule has 6 nitrogen and oxygen atoms in total. The van der Waals surface area contributed by atoms with Crippen molar-refractivity contribution >= 4 is 22.8 Å². The minimum absolute atomic E-state index is 0.0186. The molecule has 1 atom stereocenters. The van der Waals surface area contributed by atoms with Gasteiger partial charge in [-0.3, -0.25) is 9.79 Å². The lowest BCUT2D eigenvalue weighted by atomic mass is 10.1. The fourth-order valence-electron chi connectivity index (χ4n) is 3.90. The van der Waals surface area contributed by atoms with E-state index in [-0.39, 0.29) is 11.9 Å². The lowest BCUT2D eigenvalue weighted by Crippen LogP contribution is -2.38. The number of nitrogens with one attached hydrogen (secondary N) is 2. The lowest BCUT2D eigenvalue weighted by Gasteiger charge is -2.17. The average molecular weight is 419 g/mol. The molecule has 4 rings (SSSR count). The van der Waals surface area contributed by atoms with Crippen LogP contribution in [0.1, 0.15) is 49.6 Å². The molecule has 0 bridgehead atoms. The Hall–Kier alpha value is -3.28. The number of carbonyl (C=O) groups is 1. The van der Waals surface area contributed by atoms with Crippen LogP contribution < -0.4 is 10.6 Å². The van der Waals surface area contributed by atoms with Crippen molar-refractivity contribution in [3.8, 4) is 0 Å². The summed E-state index contributed by atoms with van der Waals surface area (Å²) in [7, 11) is 0. The number of nitrogens with zero attached hydrogens (tertiary/aromatic N) is 2. The van der Waals surface area contributed by atoms with Crippen molar-refractivity contribution in [3.05, 3.63) is 71.5 Å². The number of aliphatic imine (C=N–C) groups is 1. The van der Waals surface area contributed by atoms with Crippen LogP contribution in [0.2, 0.25) is 0 Å². The first-order chi connectivity index (χ1) is 15.1. The second-order valence-corrected chi connectivity index (χ2v) is 7.94. The van der Waals surface area contributed by atoms with Crippen molar-refractivity contribution in [2.75, 3.05) is 13.1 Å². The Kier molecular flexibility index (Phi) is 6.55. The van der Waals surface area contributed by atoms with Gasteiger partial charge in [-0.25, -0.2) is 0 Å². The van der Waals surface area contributed by atoms with Crippen molar-refractivity contribution in [1.82, 2.24) is 15.5 Å². The molecule has 0 radical (unpaired) electrons. The van der Waals surface area contributed by atoms with Crippen LogP contribution in [0.4, 0.5) is 0 Å². The van der Waals surface area contributed by atoms with Crippen molar-refractivity contribution in [2.24, 2.45) is 4.99 Å². The predicted molar refractivity (Wildman–Crippen MR) is 124 cm³/mol. The van der Waals surface area contributed by atoms with Crippen LogP contribution in [-0.2, 0) is 17.9 Å². The van der Waals surface area contributed by atoms with Gasteiger partial charge in [0.15, 0.2) is 5.96 Å². The van der Waals surface area contributed by atoms with Gasteiger partial charge in [0.1, 0.15) is 11.3 Å². The van der Waals surface area contributed by atoms with Crippen molar-refractivity contribution in [3.63, 3.8) is 0 Å². The maximum atomic E-state index is 12.6. The van der Waals surface area contributed by atoms with Gasteiger partial charge in [0.25, 0.3) is 0 Å². The first-order valence-corrected chi connectivity index (χ1v) is 11.0. The number of furan rings is 1. The molecule has 0 aliphatic carbocycles. The SMILES string of the molecule is CCNC(=NCCCC(=O)N1Cc2ccccc2C1)NC(C)c1cc2ccccc2o1. The third-order valence-electron chi connectivity index (χ3n) is 5.58. The van der Waals surface area contributed by atoms with E-state index in [0.717, 1.165) is 48.7 Å². The molecule has 1 aliphatic rings. The molecular weight excluding hydrogens is 388 g/mol. The van der Waals surface area contributed by atoms with Crippen LogP contribution in [0.5, 0.6) is 0 Å². The smallest absolute Gasteiger partial charge is 0.223 e. The Bertz CT molecular complexity index is 1010. The molecule has 0 spiro atoms. The topological polar surface area (TPSA) is 69.9 Å². The molecule has 6 heteroatoms. The number of benzene rings is 2. The fraction of sp³-hybridized carbons (Fsp3) is 0.360. The van der Waals surface area contributed by atoms with Crippen molar-refractivity contribution < 1.29 is 9.21 Å². The van der Waals surface area contributed by atoms with Gasteiger partial charge in [0.05, 0.1) is 6.04 Å². The quantitative estimate of drug-likeness (QED) is 0.340. The fourth-order valence-corrected chi connectivity index (χ4v) is 3.90. The Morgan fingerprint density at radius 2 is 1.84 bits per heavy atom. The number of carbonyl (C=O) groups excluding carboxylic acids is 1. The third kappa shape index (κ3) is 5.08. The Morgan fingerprint density at radius 1 is 1.13 bits per heavy atom. The van der Waals surface area contributed by atoms with Crippen LogP contribution >= 0.6 is 0 Å². The number of hydrogen-bond donors (Lipinski definition) is 2. The minimum atomic E-state index is -0.0186. The van der Waals surface area contributed by atoms with Gasteiger partial charge in [-0.05, 0) is 43.5 Å². The summed E-state index contributed by atoms with van der Waals surface area (Å²) in [6.45, 7) is 6.89. The van der Waals surface area contributed by atoms with E-state index in [1.165, 1.54) is 11.1 Å². The van der Waals surface area contributed by atoms with E-state index in [0.29, 0.717) is 13.0 Å². The summed E-state index contributed by atoms with van der Waals surface area (Å²) in [5.74, 6) is 1.80. The van der Waals surface area contributed by atoms with Gasteiger partial charge >= 0.3 is 0 Å². The molecule has 1 aliphatic heterocycles. The maximum absolute atomic E-state index is 12.6. The highest BCUT2D eigenvalue weighted by Gasteiger charge is 2.22. The number of hydrogen-bond acceptors (Lipinski definition) is 3. The molecular formula is C25H30N4O2. The van der Waals surface area contributed by atoms with E-state index < -0.39 is 0 Å². The zero-order valence-corrected chi connectivity index (χ0v) is 18.2. The molecule has 1 amide bonds. The monoisotopic (exact) mass is 418 g/mol. The molecule has 2 heterocycles. The zero-order chi connectivity index (χ0) is 21.6. The summed E-state index contributed by atoms with van der Waals surface area (Å²) in [6.07, 6.45) is 1.23. The number of amides is 1. The average Bonchev–Trinajstić information content (AvgIpc) is 3.41. The van der Waals surface area contributed by atoms with E-state index in [1.54, 1.807) is 0 Å². The van der Waals surface area contributed by atoms with E-state index >= 15 is 0 Å². The number of para-hydroxylation sites is 1. The molecule has 0 saturated heterocycles. The lowest BCUT2D eigenvalue weighted by molar-refractivity contribution is -0.131. The zero-order valence-electron chi connectivity index (χ0n) is 18.2. The first-order valence-electron chi connectivity index (χ1n) is 11.0. The molecule has 0 saturated carbocycles. The summed E-state index contributed by atoms with van der Waals surface area (Å²) >= 11 is 0. The van der Waals surface area contributed by atoms with E-state index in [4.69, 9.17) is 4.42 Å². The Morgan fingerprint density at radius 3 is 2.55 bits per heavy atom. The van der Waals surface area contributed by atoms with Gasteiger partial charge in [-0.2, -0.15) is 0 Å². The van der Waals surface area contributed by atoms with Crippen LogP contribution in [0, 0.1) is 0 Å². The van der Waals surface area contributed by atoms with Crippen LogP contribution in [0.3, 0.4) is 0 Å². The molecule has 1 aromatic heterocycles. The number of rotatable bonds is 7. The summed E-state index contributed by atoms with van der Waals surface area (Å²) in [6, 6.07) is 18.3. The predicted octanol–water partition coefficient (Wildman–Crippen LogP) is 4.37. The second kappa shape index (κ2) is 9.69. The summed E-state index contributed by atoms with van der Waals surface area (Å²) < 4.78 is 5.95. The number of fused-ring (bicyclic) bond motifs is 2. The molecule has 162 valence electrons. The maximum Gasteiger partial charge on any atom is 0.223 e. The normalized spacial score (nSPS) is 14.5. The molecule has 31 heavy (non-hydrogen) atoms. The highest BCUT2D eigenvalue weighted by Crippen LogP contribution is 2.24. The Labute approximate surface area is 183 Å². The highest BCUT2D eigenvalue weighted by molar-refractivity contribution is 5.81. The third-order valence-corrected chi connectivity index (χ3v) is 5.58. The van der Waals surface area contributed by atoms with E-state index in [1.807, 2.05) is 48.2 Å². The summed E-state index contributed by atoms with van der Waals surface area (Å²) in [4.78, 5) is 19.2. The molecule has 3 aromatic rings. The van der Waals surface area contributed by atoms with Gasteiger partial charge in [-0.1, -0.05) is 42.5 Å². The summed E-state index contributed by atoms with van der Waals surface area (Å²) in [5.41, 5.74) is 3.40. The molecule has 0 fully saturated rings. The second-order valence-electron chi connectivity index (χ2n) is 7.94. The largest absolute Gasteiger partial charge is 0.459 e. The molecule has 2 N–H and O–H groups in total. The molecule has 1 unspecified atom stereocenters. The minimum Gasteiger partial charge on any atom is -0.459 e. The van der Waals surface area contributed by atoms with Gasteiger partial charge < -0.3 is 20.0 Å². The van der Waals surface area contributed by atoms with Crippen LogP contribution in [0.15, 0.2) is 64.0 Å². The van der Waals surface area contributed by atoms with Crippen LogP contribution in [0.25, 0.3) is 11.0 Å². The number of guanidine groups is 1. The highest BCUT2D eigenvalue weighted by atomic mass is 16.3. The first kappa shape index (κ1) is 21.0. The molecule has 2 aromatic carbocycles. The summed E-state index contributed by atoms with van der Waals surface area (Å²) in [5, 5.41) is 7.77.